The summed E-state index contributed by atoms with van der Waals surface area (Å²) in [5.41, 5.74) is -3.35. The van der Waals surface area contributed by atoms with Gasteiger partial charge in [0.2, 0.25) is 0 Å². The topological polar surface area (TPSA) is 76.7 Å². The van der Waals surface area contributed by atoms with Crippen molar-refractivity contribution in [2.75, 3.05) is 0 Å². The summed E-state index contributed by atoms with van der Waals surface area (Å²) in [5.74, 6) is -1.18. The number of amides is 1. The van der Waals surface area contributed by atoms with E-state index in [2.05, 4.69) is 5.10 Å². The number of nitriles is 1. The first-order valence-electron chi connectivity index (χ1n) is 4.25. The molecular weight excluding hydrogens is 227 g/mol. The molecule has 0 aromatic heterocycles. The highest BCUT2D eigenvalue weighted by Gasteiger charge is 2.62. The van der Waals surface area contributed by atoms with Crippen LogP contribution in [0.4, 0.5) is 13.2 Å². The molecule has 1 heterocycles. The Balaban J connectivity index is 3.06. The van der Waals surface area contributed by atoms with Crippen LogP contribution in [0.1, 0.15) is 19.8 Å². The summed E-state index contributed by atoms with van der Waals surface area (Å²) in [6.45, 7) is 1.26. The minimum absolute atomic E-state index is 0.0221. The van der Waals surface area contributed by atoms with Crippen LogP contribution < -0.4 is 0 Å². The van der Waals surface area contributed by atoms with Crippen molar-refractivity contribution in [2.24, 2.45) is 5.10 Å². The van der Waals surface area contributed by atoms with Crippen molar-refractivity contribution < 1.29 is 23.1 Å². The van der Waals surface area contributed by atoms with E-state index in [1.807, 2.05) is 0 Å². The number of carbonyl (C=O) groups is 1. The van der Waals surface area contributed by atoms with Gasteiger partial charge in [0.1, 0.15) is 6.42 Å². The van der Waals surface area contributed by atoms with Gasteiger partial charge in [-0.15, -0.1) is 0 Å². The number of aliphatic hydroxyl groups is 1. The molecule has 16 heavy (non-hydrogen) atoms. The van der Waals surface area contributed by atoms with Crippen molar-refractivity contribution in [1.29, 1.82) is 5.26 Å². The van der Waals surface area contributed by atoms with Crippen LogP contribution in [0.3, 0.4) is 0 Å². The van der Waals surface area contributed by atoms with Gasteiger partial charge in [0.05, 0.1) is 6.07 Å². The molecule has 0 spiro atoms. The Morgan fingerprint density at radius 3 is 2.75 bits per heavy atom. The molecule has 0 bridgehead atoms. The van der Waals surface area contributed by atoms with E-state index in [-0.39, 0.29) is 10.7 Å². The number of rotatable bonds is 1. The van der Waals surface area contributed by atoms with Crippen molar-refractivity contribution in [1.82, 2.24) is 5.01 Å². The van der Waals surface area contributed by atoms with E-state index < -0.39 is 30.7 Å². The molecule has 88 valence electrons. The summed E-state index contributed by atoms with van der Waals surface area (Å²) in [5, 5.41) is 20.9. The second-order valence-electron chi connectivity index (χ2n) is 3.37. The van der Waals surface area contributed by atoms with Crippen LogP contribution in [0.25, 0.3) is 0 Å². The largest absolute Gasteiger partial charge is 0.438 e. The molecule has 8 heteroatoms. The summed E-state index contributed by atoms with van der Waals surface area (Å²) in [6, 6.07) is 1.41. The lowest BCUT2D eigenvalue weighted by Gasteiger charge is -2.32. The highest BCUT2D eigenvalue weighted by molar-refractivity contribution is 5.89. The number of hydrazone groups is 1. The number of alkyl halides is 3. The maximum absolute atomic E-state index is 12.6. The summed E-state index contributed by atoms with van der Waals surface area (Å²) < 4.78 is 37.7. The van der Waals surface area contributed by atoms with Gasteiger partial charge < -0.3 is 5.11 Å². The molecule has 0 radical (unpaired) electrons. The Labute approximate surface area is 88.8 Å². The zero-order chi connectivity index (χ0) is 12.6. The van der Waals surface area contributed by atoms with E-state index >= 15 is 0 Å². The molecule has 1 aliphatic rings. The lowest BCUT2D eigenvalue weighted by Crippen LogP contribution is -2.56. The summed E-state index contributed by atoms with van der Waals surface area (Å²) in [6.07, 6.45) is -6.58. The maximum Gasteiger partial charge on any atom is 0.438 e. The molecule has 0 aliphatic carbocycles. The third-order valence-electron chi connectivity index (χ3n) is 2.04. The Hall–Kier alpha value is -1.62. The van der Waals surface area contributed by atoms with Gasteiger partial charge in [0.25, 0.3) is 11.6 Å². The predicted octanol–water partition coefficient (Wildman–Crippen LogP) is 0.759. The van der Waals surface area contributed by atoms with Crippen LogP contribution in [-0.4, -0.2) is 33.6 Å². The molecule has 1 aliphatic heterocycles. The van der Waals surface area contributed by atoms with Gasteiger partial charge in [-0.1, -0.05) is 0 Å². The zero-order valence-corrected chi connectivity index (χ0v) is 8.25. The molecule has 1 rings (SSSR count). The molecule has 0 saturated carbocycles. The molecule has 0 saturated heterocycles. The zero-order valence-electron chi connectivity index (χ0n) is 8.25. The van der Waals surface area contributed by atoms with Gasteiger partial charge in [-0.3, -0.25) is 4.79 Å². The van der Waals surface area contributed by atoms with Gasteiger partial charge in [-0.05, 0) is 6.92 Å². The van der Waals surface area contributed by atoms with Gasteiger partial charge in [0, 0.05) is 12.1 Å². The summed E-state index contributed by atoms with van der Waals surface area (Å²) in [4.78, 5) is 11.2. The van der Waals surface area contributed by atoms with Crippen LogP contribution in [-0.2, 0) is 4.79 Å². The Morgan fingerprint density at radius 1 is 1.75 bits per heavy atom. The molecule has 0 aromatic carbocycles. The molecule has 0 unspecified atom stereocenters. The third-order valence-corrected chi connectivity index (χ3v) is 2.04. The first kappa shape index (κ1) is 12.4. The number of halogens is 3. The number of nitrogens with zero attached hydrogens (tertiary/aromatic N) is 3. The second-order valence-corrected chi connectivity index (χ2v) is 3.37. The van der Waals surface area contributed by atoms with Crippen molar-refractivity contribution in [3.8, 4) is 6.07 Å². The number of carbonyl (C=O) groups excluding carboxylic acids is 1. The Kier molecular flexibility index (Phi) is 2.92. The molecular formula is C8H8F3N3O2. The van der Waals surface area contributed by atoms with E-state index in [1.54, 1.807) is 0 Å². The average Bonchev–Trinajstić information content (AvgIpc) is 2.42. The molecule has 1 amide bonds. The molecule has 5 nitrogen and oxygen atoms in total. The van der Waals surface area contributed by atoms with Crippen molar-refractivity contribution in [3.63, 3.8) is 0 Å². The molecule has 0 fully saturated rings. The minimum Gasteiger partial charge on any atom is -0.362 e. The Morgan fingerprint density at radius 2 is 2.31 bits per heavy atom. The van der Waals surface area contributed by atoms with Crippen LogP contribution in [0.15, 0.2) is 5.10 Å². The van der Waals surface area contributed by atoms with Gasteiger partial charge in [-0.25, -0.2) is 0 Å². The van der Waals surface area contributed by atoms with Crippen LogP contribution in [0.5, 0.6) is 0 Å². The van der Waals surface area contributed by atoms with E-state index in [4.69, 9.17) is 5.26 Å². The Bertz CT molecular complexity index is 385. The van der Waals surface area contributed by atoms with Crippen LogP contribution >= 0.6 is 0 Å². The highest BCUT2D eigenvalue weighted by Crippen LogP contribution is 2.40. The number of hydrogen-bond acceptors (Lipinski definition) is 4. The molecule has 1 atom stereocenters. The van der Waals surface area contributed by atoms with Crippen molar-refractivity contribution in [2.45, 2.75) is 31.7 Å². The van der Waals surface area contributed by atoms with Gasteiger partial charge in [0.15, 0.2) is 0 Å². The van der Waals surface area contributed by atoms with E-state index in [1.165, 1.54) is 13.0 Å². The minimum atomic E-state index is -5.01. The fourth-order valence-electron chi connectivity index (χ4n) is 1.35. The lowest BCUT2D eigenvalue weighted by atomic mass is 10.1. The molecule has 0 aromatic rings. The predicted molar refractivity (Wildman–Crippen MR) is 45.8 cm³/mol. The van der Waals surface area contributed by atoms with Crippen molar-refractivity contribution >= 4 is 11.6 Å². The SMILES string of the molecule is CC1=NN(C(=O)CC#N)[C@@](O)(C(F)(F)F)C1. The summed E-state index contributed by atoms with van der Waals surface area (Å²) >= 11 is 0. The fraction of sp³-hybridized carbons (Fsp3) is 0.625. The lowest BCUT2D eigenvalue weighted by molar-refractivity contribution is -0.302. The summed E-state index contributed by atoms with van der Waals surface area (Å²) in [7, 11) is 0. The average molecular weight is 235 g/mol. The number of hydrogen-bond donors (Lipinski definition) is 1. The van der Waals surface area contributed by atoms with Crippen molar-refractivity contribution in [3.05, 3.63) is 0 Å². The highest BCUT2D eigenvalue weighted by atomic mass is 19.4. The smallest absolute Gasteiger partial charge is 0.362 e. The monoisotopic (exact) mass is 235 g/mol. The van der Waals surface area contributed by atoms with Crippen LogP contribution in [0.2, 0.25) is 0 Å². The maximum atomic E-state index is 12.6. The van der Waals surface area contributed by atoms with Crippen LogP contribution in [0, 0.1) is 11.3 Å². The fourth-order valence-corrected chi connectivity index (χ4v) is 1.35. The normalized spacial score (nSPS) is 25.2. The van der Waals surface area contributed by atoms with Gasteiger partial charge in [-0.2, -0.15) is 28.5 Å². The first-order valence-corrected chi connectivity index (χ1v) is 4.25. The molecule has 1 N–H and O–H groups in total. The van der Waals surface area contributed by atoms with E-state index in [0.29, 0.717) is 0 Å². The standard InChI is InChI=1S/C8H8F3N3O2/c1-5-4-7(16,8(9,10)11)14(13-5)6(15)2-3-12/h16H,2,4H2,1H3/t7-/m0/s1. The first-order chi connectivity index (χ1) is 7.22. The third kappa shape index (κ3) is 1.86. The quantitative estimate of drug-likeness (QED) is 0.728. The van der Waals surface area contributed by atoms with E-state index in [9.17, 15) is 23.1 Å². The van der Waals surface area contributed by atoms with E-state index in [0.717, 1.165) is 0 Å². The van der Waals surface area contributed by atoms with Gasteiger partial charge >= 0.3 is 6.18 Å². The second kappa shape index (κ2) is 3.75.